The van der Waals surface area contributed by atoms with Gasteiger partial charge in [-0.1, -0.05) is 19.3 Å². The van der Waals surface area contributed by atoms with Gasteiger partial charge in [0, 0.05) is 31.4 Å². The van der Waals surface area contributed by atoms with Crippen LogP contribution in [0.1, 0.15) is 57.2 Å². The van der Waals surface area contributed by atoms with Gasteiger partial charge in [0.05, 0.1) is 6.04 Å². The van der Waals surface area contributed by atoms with Crippen LogP contribution >= 0.6 is 0 Å². The summed E-state index contributed by atoms with van der Waals surface area (Å²) < 4.78 is 2.27. The third-order valence-electron chi connectivity index (χ3n) is 4.85. The molecule has 1 unspecified atom stereocenters. The molecule has 1 aromatic rings. The Labute approximate surface area is 115 Å². The molecule has 1 amide bonds. The van der Waals surface area contributed by atoms with Crippen LogP contribution < -0.4 is 0 Å². The molecule has 19 heavy (non-hydrogen) atoms. The summed E-state index contributed by atoms with van der Waals surface area (Å²) in [5.74, 6) is 1.01. The zero-order valence-corrected chi connectivity index (χ0v) is 11.8. The van der Waals surface area contributed by atoms with E-state index in [-0.39, 0.29) is 6.04 Å². The quantitative estimate of drug-likeness (QED) is 0.800. The van der Waals surface area contributed by atoms with Crippen LogP contribution in [0.25, 0.3) is 0 Å². The average Bonchev–Trinajstić information content (AvgIpc) is 2.89. The van der Waals surface area contributed by atoms with E-state index in [0.717, 1.165) is 19.5 Å². The van der Waals surface area contributed by atoms with Crippen LogP contribution in [0.3, 0.4) is 0 Å². The number of amides is 1. The second-order valence-corrected chi connectivity index (χ2v) is 6.10. The van der Waals surface area contributed by atoms with Gasteiger partial charge in [0.1, 0.15) is 0 Å². The van der Waals surface area contributed by atoms with E-state index >= 15 is 0 Å². The minimum Gasteiger partial charge on any atom is -0.348 e. The van der Waals surface area contributed by atoms with Crippen LogP contribution in [0.15, 0.2) is 18.3 Å². The highest BCUT2D eigenvalue weighted by atomic mass is 16.2. The summed E-state index contributed by atoms with van der Waals surface area (Å²) in [7, 11) is 0. The molecule has 3 nitrogen and oxygen atoms in total. The fourth-order valence-electron chi connectivity index (χ4n) is 3.68. The van der Waals surface area contributed by atoms with Crippen molar-refractivity contribution in [2.75, 3.05) is 6.54 Å². The normalized spacial score (nSPS) is 24.3. The van der Waals surface area contributed by atoms with Crippen LogP contribution in [0.5, 0.6) is 0 Å². The molecule has 1 saturated carbocycles. The number of carbonyl (C=O) groups excluding carboxylic acids is 1. The molecule has 1 atom stereocenters. The van der Waals surface area contributed by atoms with Gasteiger partial charge in [-0.15, -0.1) is 0 Å². The lowest BCUT2D eigenvalue weighted by atomic mass is 9.86. The SMILES string of the molecule is CC1c2cccn2CCN1C(=O)CC1CCCCC1. The van der Waals surface area contributed by atoms with Crippen molar-refractivity contribution in [1.29, 1.82) is 0 Å². The second kappa shape index (κ2) is 5.40. The minimum atomic E-state index is 0.236. The molecule has 0 aromatic carbocycles. The molecular weight excluding hydrogens is 236 g/mol. The van der Waals surface area contributed by atoms with Crippen molar-refractivity contribution in [3.63, 3.8) is 0 Å². The Morgan fingerprint density at radius 3 is 2.84 bits per heavy atom. The van der Waals surface area contributed by atoms with Crippen LogP contribution in [0.4, 0.5) is 0 Å². The standard InChI is InChI=1S/C16H24N2O/c1-13-15-8-5-9-17(15)10-11-18(13)16(19)12-14-6-3-2-4-7-14/h5,8-9,13-14H,2-4,6-7,10-12H2,1H3. The number of hydrogen-bond donors (Lipinski definition) is 0. The molecular formula is C16H24N2O. The first kappa shape index (κ1) is 12.8. The maximum absolute atomic E-state index is 12.5. The Balaban J connectivity index is 1.64. The predicted molar refractivity (Wildman–Crippen MR) is 75.8 cm³/mol. The minimum absolute atomic E-state index is 0.236. The van der Waals surface area contributed by atoms with Gasteiger partial charge in [-0.05, 0) is 37.8 Å². The Hall–Kier alpha value is -1.25. The van der Waals surface area contributed by atoms with E-state index in [1.807, 2.05) is 0 Å². The van der Waals surface area contributed by atoms with E-state index < -0.39 is 0 Å². The molecule has 0 N–H and O–H groups in total. The molecule has 104 valence electrons. The second-order valence-electron chi connectivity index (χ2n) is 6.10. The van der Waals surface area contributed by atoms with Gasteiger partial charge >= 0.3 is 0 Å². The van der Waals surface area contributed by atoms with Crippen LogP contribution in [-0.2, 0) is 11.3 Å². The van der Waals surface area contributed by atoms with E-state index in [9.17, 15) is 4.79 Å². The molecule has 2 heterocycles. The number of aromatic nitrogens is 1. The maximum atomic E-state index is 12.5. The summed E-state index contributed by atoms with van der Waals surface area (Å²) >= 11 is 0. The van der Waals surface area contributed by atoms with E-state index in [2.05, 4.69) is 34.7 Å². The summed E-state index contributed by atoms with van der Waals surface area (Å²) in [6, 6.07) is 4.46. The summed E-state index contributed by atoms with van der Waals surface area (Å²) in [4.78, 5) is 14.6. The van der Waals surface area contributed by atoms with Gasteiger partial charge in [0.15, 0.2) is 0 Å². The monoisotopic (exact) mass is 260 g/mol. The molecule has 1 aromatic heterocycles. The maximum Gasteiger partial charge on any atom is 0.223 e. The number of nitrogens with zero attached hydrogens (tertiary/aromatic N) is 2. The Kier molecular flexibility index (Phi) is 3.63. The first-order chi connectivity index (χ1) is 9.25. The Morgan fingerprint density at radius 1 is 1.26 bits per heavy atom. The number of hydrogen-bond acceptors (Lipinski definition) is 1. The summed E-state index contributed by atoms with van der Waals surface area (Å²) in [5, 5.41) is 0. The average molecular weight is 260 g/mol. The zero-order chi connectivity index (χ0) is 13.2. The molecule has 3 heteroatoms. The van der Waals surface area contributed by atoms with Gasteiger partial charge in [-0.25, -0.2) is 0 Å². The van der Waals surface area contributed by atoms with Crippen molar-refractivity contribution in [1.82, 2.24) is 9.47 Å². The third-order valence-corrected chi connectivity index (χ3v) is 4.85. The molecule has 0 saturated heterocycles. The highest BCUT2D eigenvalue weighted by molar-refractivity contribution is 5.77. The molecule has 3 rings (SSSR count). The van der Waals surface area contributed by atoms with Gasteiger partial charge < -0.3 is 9.47 Å². The van der Waals surface area contributed by atoms with E-state index in [1.165, 1.54) is 37.8 Å². The highest BCUT2D eigenvalue weighted by Crippen LogP contribution is 2.30. The lowest BCUT2D eigenvalue weighted by Gasteiger charge is -2.36. The summed E-state index contributed by atoms with van der Waals surface area (Å²) in [6.45, 7) is 3.97. The topological polar surface area (TPSA) is 25.2 Å². The van der Waals surface area contributed by atoms with Gasteiger partial charge in [0.2, 0.25) is 5.91 Å². The Bertz CT molecular complexity index is 445. The van der Waals surface area contributed by atoms with Crippen molar-refractivity contribution in [3.05, 3.63) is 24.0 Å². The van der Waals surface area contributed by atoms with Crippen molar-refractivity contribution in [2.24, 2.45) is 5.92 Å². The van der Waals surface area contributed by atoms with E-state index in [4.69, 9.17) is 0 Å². The van der Waals surface area contributed by atoms with Crippen LogP contribution in [-0.4, -0.2) is 21.9 Å². The first-order valence-electron chi connectivity index (χ1n) is 7.70. The van der Waals surface area contributed by atoms with Gasteiger partial charge in [0.25, 0.3) is 0 Å². The first-order valence-corrected chi connectivity index (χ1v) is 7.70. The summed E-state index contributed by atoms with van der Waals surface area (Å²) in [6.07, 6.45) is 9.39. The van der Waals surface area contributed by atoms with Gasteiger partial charge in [-0.2, -0.15) is 0 Å². The number of carbonyl (C=O) groups is 1. The molecule has 0 spiro atoms. The lowest BCUT2D eigenvalue weighted by molar-refractivity contribution is -0.135. The predicted octanol–water partition coefficient (Wildman–Crippen LogP) is 3.36. The van der Waals surface area contributed by atoms with Crippen molar-refractivity contribution < 1.29 is 4.79 Å². The fourth-order valence-corrected chi connectivity index (χ4v) is 3.68. The van der Waals surface area contributed by atoms with Crippen LogP contribution in [0, 0.1) is 5.92 Å². The highest BCUT2D eigenvalue weighted by Gasteiger charge is 2.28. The third kappa shape index (κ3) is 2.56. The van der Waals surface area contributed by atoms with Gasteiger partial charge in [-0.3, -0.25) is 4.79 Å². The summed E-state index contributed by atoms with van der Waals surface area (Å²) in [5.41, 5.74) is 1.28. The molecule has 1 aliphatic carbocycles. The van der Waals surface area contributed by atoms with E-state index in [0.29, 0.717) is 11.8 Å². The number of fused-ring (bicyclic) bond motifs is 1. The molecule has 0 bridgehead atoms. The fraction of sp³-hybridized carbons (Fsp3) is 0.688. The molecule has 1 aliphatic heterocycles. The molecule has 2 aliphatic rings. The number of rotatable bonds is 2. The Morgan fingerprint density at radius 2 is 2.05 bits per heavy atom. The van der Waals surface area contributed by atoms with E-state index in [1.54, 1.807) is 0 Å². The van der Waals surface area contributed by atoms with Crippen molar-refractivity contribution in [3.8, 4) is 0 Å². The smallest absolute Gasteiger partial charge is 0.223 e. The molecule has 1 fully saturated rings. The van der Waals surface area contributed by atoms with Crippen molar-refractivity contribution >= 4 is 5.91 Å². The van der Waals surface area contributed by atoms with Crippen molar-refractivity contribution in [2.45, 2.75) is 58.0 Å². The lowest BCUT2D eigenvalue weighted by Crippen LogP contribution is -2.41. The zero-order valence-electron chi connectivity index (χ0n) is 11.8. The molecule has 0 radical (unpaired) electrons. The van der Waals surface area contributed by atoms with Crippen LogP contribution in [0.2, 0.25) is 0 Å². The largest absolute Gasteiger partial charge is 0.348 e.